The van der Waals surface area contributed by atoms with Crippen LogP contribution >= 0.6 is 0 Å². The van der Waals surface area contributed by atoms with Crippen molar-refractivity contribution in [2.45, 2.75) is 26.1 Å². The molecule has 1 aliphatic heterocycles. The minimum Gasteiger partial charge on any atom is -0.463 e. The molecule has 0 aromatic carbocycles. The molecule has 1 aliphatic rings. The third kappa shape index (κ3) is 4.12. The van der Waals surface area contributed by atoms with E-state index in [-0.39, 0.29) is 18.7 Å². The molecular weight excluding hydrogens is 230 g/mol. The van der Waals surface area contributed by atoms with E-state index in [9.17, 15) is 14.9 Å². The van der Waals surface area contributed by atoms with Crippen molar-refractivity contribution in [1.82, 2.24) is 0 Å². The first-order chi connectivity index (χ1) is 7.97. The van der Waals surface area contributed by atoms with E-state index >= 15 is 0 Å². The molecule has 1 fully saturated rings. The van der Waals surface area contributed by atoms with Gasteiger partial charge in [0, 0.05) is 0 Å². The van der Waals surface area contributed by atoms with Crippen molar-refractivity contribution in [2.24, 2.45) is 0 Å². The van der Waals surface area contributed by atoms with Crippen molar-refractivity contribution in [3.63, 3.8) is 0 Å². The predicted octanol–water partition coefficient (Wildman–Crippen LogP) is 0.863. The molecule has 0 N–H and O–H groups in total. The third-order valence-corrected chi connectivity index (χ3v) is 2.21. The lowest BCUT2D eigenvalue weighted by Gasteiger charge is -2.20. The van der Waals surface area contributed by atoms with Gasteiger partial charge in [0.15, 0.2) is 5.79 Å². The number of carbonyl (C=O) groups excluding carboxylic acids is 1. The average molecular weight is 245 g/mol. The molecule has 0 unspecified atom stereocenters. The molecule has 1 heterocycles. The highest BCUT2D eigenvalue weighted by atomic mass is 16.7. The summed E-state index contributed by atoms with van der Waals surface area (Å²) in [6.07, 6.45) is 0.763. The SMILES string of the molecule is CCOC(=O)/C=C(/CC1(C)OCCO1)[N+](=O)[O-]. The molecule has 1 saturated heterocycles. The number of hydrogen-bond acceptors (Lipinski definition) is 6. The zero-order chi connectivity index (χ0) is 12.9. The van der Waals surface area contributed by atoms with Crippen LogP contribution in [0.3, 0.4) is 0 Å². The maximum absolute atomic E-state index is 11.2. The van der Waals surface area contributed by atoms with E-state index in [4.69, 9.17) is 9.47 Å². The van der Waals surface area contributed by atoms with Crippen molar-refractivity contribution < 1.29 is 23.9 Å². The zero-order valence-corrected chi connectivity index (χ0v) is 9.80. The van der Waals surface area contributed by atoms with Gasteiger partial charge < -0.3 is 14.2 Å². The highest BCUT2D eigenvalue weighted by Gasteiger charge is 2.36. The van der Waals surface area contributed by atoms with Crippen LogP contribution in [0.1, 0.15) is 20.3 Å². The first kappa shape index (κ1) is 13.6. The summed E-state index contributed by atoms with van der Waals surface area (Å²) in [5.74, 6) is -1.77. The average Bonchev–Trinajstić information content (AvgIpc) is 2.64. The number of esters is 1. The second kappa shape index (κ2) is 5.74. The van der Waals surface area contributed by atoms with Crippen molar-refractivity contribution in [3.8, 4) is 0 Å². The Bertz CT molecular complexity index is 332. The Morgan fingerprint density at radius 2 is 2.12 bits per heavy atom. The van der Waals surface area contributed by atoms with Crippen LogP contribution in [0.15, 0.2) is 11.8 Å². The van der Waals surface area contributed by atoms with E-state index in [1.54, 1.807) is 13.8 Å². The summed E-state index contributed by atoms with van der Waals surface area (Å²) in [5.41, 5.74) is -0.284. The zero-order valence-electron chi connectivity index (χ0n) is 9.80. The number of carbonyl (C=O) groups is 1. The maximum Gasteiger partial charge on any atom is 0.337 e. The lowest BCUT2D eigenvalue weighted by atomic mass is 10.1. The van der Waals surface area contributed by atoms with E-state index in [1.807, 2.05) is 0 Å². The van der Waals surface area contributed by atoms with Crippen molar-refractivity contribution in [2.75, 3.05) is 19.8 Å². The minimum absolute atomic E-state index is 0.0984. The smallest absolute Gasteiger partial charge is 0.337 e. The highest BCUT2D eigenvalue weighted by Crippen LogP contribution is 2.26. The Balaban J connectivity index is 2.72. The van der Waals surface area contributed by atoms with Gasteiger partial charge in [-0.2, -0.15) is 0 Å². The van der Waals surface area contributed by atoms with Gasteiger partial charge in [-0.15, -0.1) is 0 Å². The summed E-state index contributed by atoms with van der Waals surface area (Å²) in [6, 6.07) is 0. The quantitative estimate of drug-likeness (QED) is 0.309. The molecule has 0 bridgehead atoms. The van der Waals surface area contributed by atoms with Crippen LogP contribution < -0.4 is 0 Å². The molecule has 0 aliphatic carbocycles. The molecule has 0 atom stereocenters. The topological polar surface area (TPSA) is 87.9 Å². The molecule has 0 radical (unpaired) electrons. The largest absolute Gasteiger partial charge is 0.463 e. The number of ether oxygens (including phenoxy) is 3. The van der Waals surface area contributed by atoms with E-state index in [2.05, 4.69) is 4.74 Å². The van der Waals surface area contributed by atoms with E-state index < -0.39 is 16.7 Å². The molecule has 96 valence electrons. The molecule has 7 heteroatoms. The van der Waals surface area contributed by atoms with Gasteiger partial charge in [0.25, 0.3) is 5.70 Å². The molecule has 0 saturated carbocycles. The van der Waals surface area contributed by atoms with Crippen LogP contribution in [0.5, 0.6) is 0 Å². The van der Waals surface area contributed by atoms with Crippen LogP contribution in [0.4, 0.5) is 0 Å². The summed E-state index contributed by atoms with van der Waals surface area (Å²) in [4.78, 5) is 21.3. The van der Waals surface area contributed by atoms with Gasteiger partial charge in [-0.05, 0) is 13.8 Å². The van der Waals surface area contributed by atoms with Crippen molar-refractivity contribution in [3.05, 3.63) is 21.9 Å². The molecule has 7 nitrogen and oxygen atoms in total. The number of nitro groups is 1. The Kier molecular flexibility index (Phi) is 4.59. The molecule has 17 heavy (non-hydrogen) atoms. The van der Waals surface area contributed by atoms with Crippen LogP contribution in [-0.2, 0) is 19.0 Å². The fourth-order valence-corrected chi connectivity index (χ4v) is 1.48. The summed E-state index contributed by atoms with van der Waals surface area (Å²) in [6.45, 7) is 4.18. The Hall–Kier alpha value is -1.47. The molecule has 1 rings (SSSR count). The van der Waals surface area contributed by atoms with Crippen LogP contribution in [0.2, 0.25) is 0 Å². The van der Waals surface area contributed by atoms with Gasteiger partial charge >= 0.3 is 5.97 Å². The fourth-order valence-electron chi connectivity index (χ4n) is 1.48. The molecule has 0 spiro atoms. The molecule has 0 aromatic heterocycles. The predicted molar refractivity (Wildman–Crippen MR) is 56.6 cm³/mol. The monoisotopic (exact) mass is 245 g/mol. The van der Waals surface area contributed by atoms with Crippen molar-refractivity contribution in [1.29, 1.82) is 0 Å². The van der Waals surface area contributed by atoms with Gasteiger partial charge in [-0.3, -0.25) is 10.1 Å². The number of rotatable bonds is 5. The maximum atomic E-state index is 11.2. The van der Waals surface area contributed by atoms with Crippen LogP contribution in [0, 0.1) is 10.1 Å². The van der Waals surface area contributed by atoms with E-state index in [0.717, 1.165) is 6.08 Å². The molecular formula is C10H15NO6. The Morgan fingerprint density at radius 3 is 2.59 bits per heavy atom. The van der Waals surface area contributed by atoms with E-state index in [0.29, 0.717) is 13.2 Å². The van der Waals surface area contributed by atoms with Crippen LogP contribution in [-0.4, -0.2) is 36.5 Å². The van der Waals surface area contributed by atoms with Crippen LogP contribution in [0.25, 0.3) is 0 Å². The fraction of sp³-hybridized carbons (Fsp3) is 0.700. The van der Waals surface area contributed by atoms with Gasteiger partial charge in [0.1, 0.15) is 0 Å². The summed E-state index contributed by atoms with van der Waals surface area (Å²) < 4.78 is 15.1. The van der Waals surface area contributed by atoms with Gasteiger partial charge in [-0.1, -0.05) is 0 Å². The van der Waals surface area contributed by atoms with Gasteiger partial charge in [-0.25, -0.2) is 4.79 Å². The number of nitrogens with zero attached hydrogens (tertiary/aromatic N) is 1. The lowest BCUT2D eigenvalue weighted by Crippen LogP contribution is -2.28. The summed E-state index contributed by atoms with van der Waals surface area (Å²) >= 11 is 0. The number of hydrogen-bond donors (Lipinski definition) is 0. The second-order valence-electron chi connectivity index (χ2n) is 3.65. The summed E-state index contributed by atoms with van der Waals surface area (Å²) in [7, 11) is 0. The lowest BCUT2D eigenvalue weighted by molar-refractivity contribution is -0.433. The molecule has 0 aromatic rings. The Labute approximate surface area is 98.5 Å². The standard InChI is InChI=1S/C10H15NO6/c1-3-15-9(12)6-8(11(13)14)7-10(2)16-4-5-17-10/h6H,3-5,7H2,1-2H3/b8-6-. The highest BCUT2D eigenvalue weighted by molar-refractivity contribution is 5.82. The first-order valence-electron chi connectivity index (χ1n) is 5.26. The normalized spacial score (nSPS) is 19.1. The van der Waals surface area contributed by atoms with Gasteiger partial charge in [0.05, 0.1) is 37.2 Å². The minimum atomic E-state index is -1.04. The third-order valence-electron chi connectivity index (χ3n) is 2.21. The summed E-state index contributed by atoms with van der Waals surface area (Å²) in [5, 5.41) is 10.8. The Morgan fingerprint density at radius 1 is 1.53 bits per heavy atom. The second-order valence-corrected chi connectivity index (χ2v) is 3.65. The van der Waals surface area contributed by atoms with Gasteiger partial charge in [0.2, 0.25) is 0 Å². The first-order valence-corrected chi connectivity index (χ1v) is 5.26. The molecule has 0 amide bonds. The van der Waals surface area contributed by atoms with E-state index in [1.165, 1.54) is 0 Å². The van der Waals surface area contributed by atoms with Crippen molar-refractivity contribution >= 4 is 5.97 Å².